The maximum Gasteiger partial charge on any atom is 0.335 e. The van der Waals surface area contributed by atoms with Gasteiger partial charge in [-0.15, -0.1) is 0 Å². The molecular weight excluding hydrogens is 355 g/mol. The fraction of sp³-hybridized carbons (Fsp3) is 0.0667. The molecule has 126 valence electrons. The van der Waals surface area contributed by atoms with Crippen molar-refractivity contribution in [3.8, 4) is 0 Å². The van der Waals surface area contributed by atoms with Gasteiger partial charge in [0, 0.05) is 15.0 Å². The lowest BCUT2D eigenvalue weighted by Gasteiger charge is -2.08. The van der Waals surface area contributed by atoms with Gasteiger partial charge in [-0.25, -0.2) is 13.6 Å². The van der Waals surface area contributed by atoms with Crippen LogP contribution in [0.15, 0.2) is 53.4 Å². The summed E-state index contributed by atoms with van der Waals surface area (Å²) in [5.74, 6) is -2.86. The number of hydrogen-bond donors (Lipinski definition) is 2. The number of carboxylic acids is 2. The Morgan fingerprint density at radius 2 is 1.50 bits per heavy atom. The van der Waals surface area contributed by atoms with Crippen molar-refractivity contribution in [2.24, 2.45) is 0 Å². The standard InChI is InChI=1S/C15H13O7PS/c16-14(17)11-6-12(15(18)19)8-13(7-11)24(20,21)22-23-9-10-4-2-1-3-5-10/h1-8,23H,9H2,(H,16,17)(H,18,19). The molecule has 2 aromatic carbocycles. The van der Waals surface area contributed by atoms with Gasteiger partial charge >= 0.3 is 11.9 Å². The van der Waals surface area contributed by atoms with Gasteiger partial charge in [-0.1, -0.05) is 30.3 Å². The van der Waals surface area contributed by atoms with Gasteiger partial charge in [0.2, 0.25) is 0 Å². The van der Waals surface area contributed by atoms with E-state index in [2.05, 4.69) is 0 Å². The first kappa shape index (κ1) is 18.1. The molecule has 9 heteroatoms. The van der Waals surface area contributed by atoms with Crippen LogP contribution in [0, 0.1) is 0 Å². The van der Waals surface area contributed by atoms with E-state index < -0.39 is 46.9 Å². The molecule has 0 aromatic heterocycles. The summed E-state index contributed by atoms with van der Waals surface area (Å²) >= 11 is 0. The fourth-order valence-electron chi connectivity index (χ4n) is 1.82. The molecule has 0 fully saturated rings. The Morgan fingerprint density at radius 1 is 0.958 bits per heavy atom. The number of aromatic carboxylic acids is 2. The molecule has 0 aliphatic heterocycles. The molecule has 2 N–H and O–H groups in total. The van der Waals surface area contributed by atoms with Crippen LogP contribution in [0.1, 0.15) is 26.3 Å². The zero-order valence-corrected chi connectivity index (χ0v) is 14.0. The van der Waals surface area contributed by atoms with Crippen molar-refractivity contribution in [2.45, 2.75) is 11.1 Å². The highest BCUT2D eigenvalue weighted by molar-refractivity contribution is 7.89. The lowest BCUT2D eigenvalue weighted by atomic mass is 10.1. The number of benzene rings is 2. The van der Waals surface area contributed by atoms with E-state index in [1.54, 1.807) is 0 Å². The third-order valence-electron chi connectivity index (χ3n) is 2.98. The summed E-state index contributed by atoms with van der Waals surface area (Å²) < 4.78 is 29.2. The second-order valence-corrected chi connectivity index (χ2v) is 7.39. The molecule has 0 aliphatic carbocycles. The molecular formula is C15H13O7PS. The number of rotatable bonds is 7. The van der Waals surface area contributed by atoms with Crippen LogP contribution in [0.3, 0.4) is 0 Å². The van der Waals surface area contributed by atoms with Gasteiger partial charge in [-0.3, -0.25) is 0 Å². The van der Waals surface area contributed by atoms with E-state index in [0.29, 0.717) is 6.16 Å². The van der Waals surface area contributed by atoms with Crippen LogP contribution in [0.2, 0.25) is 0 Å². The Balaban J connectivity index is 2.21. The molecule has 7 nitrogen and oxygen atoms in total. The van der Waals surface area contributed by atoms with Gasteiger partial charge in [0.05, 0.1) is 16.0 Å². The van der Waals surface area contributed by atoms with Gasteiger partial charge < -0.3 is 10.2 Å². The van der Waals surface area contributed by atoms with Gasteiger partial charge in [0.25, 0.3) is 10.1 Å². The summed E-state index contributed by atoms with van der Waals surface area (Å²) in [6, 6.07) is 11.7. The van der Waals surface area contributed by atoms with Crippen LogP contribution in [0.5, 0.6) is 0 Å². The summed E-state index contributed by atoms with van der Waals surface area (Å²) in [6.07, 6.45) is 0.366. The van der Waals surface area contributed by atoms with E-state index in [-0.39, 0.29) is 0 Å². The van der Waals surface area contributed by atoms with Crippen molar-refractivity contribution in [2.75, 3.05) is 0 Å². The average molecular weight is 368 g/mol. The van der Waals surface area contributed by atoms with E-state index >= 15 is 0 Å². The molecule has 0 saturated heterocycles. The minimum atomic E-state index is -4.26. The number of carbonyl (C=O) groups is 2. The van der Waals surface area contributed by atoms with Crippen LogP contribution in [0.25, 0.3) is 0 Å². The Labute approximate surface area is 139 Å². The number of hydrogen-bond acceptors (Lipinski definition) is 5. The Kier molecular flexibility index (Phi) is 5.66. The first-order chi connectivity index (χ1) is 11.3. The fourth-order valence-corrected chi connectivity index (χ4v) is 4.01. The normalized spacial score (nSPS) is 11.7. The Hall–Kier alpha value is -2.28. The maximum atomic E-state index is 12.2. The third kappa shape index (κ3) is 4.61. The van der Waals surface area contributed by atoms with Crippen molar-refractivity contribution in [3.05, 3.63) is 65.2 Å². The quantitative estimate of drug-likeness (QED) is 0.721. The summed E-state index contributed by atoms with van der Waals surface area (Å²) in [4.78, 5) is 21.6. The molecule has 2 aromatic rings. The Bertz CT molecular complexity index is 830. The first-order valence-electron chi connectivity index (χ1n) is 6.61. The lowest BCUT2D eigenvalue weighted by Crippen LogP contribution is -2.08. The van der Waals surface area contributed by atoms with Crippen molar-refractivity contribution in [3.63, 3.8) is 0 Å². The summed E-state index contributed by atoms with van der Waals surface area (Å²) in [6.45, 7) is 0. The predicted octanol–water partition coefficient (Wildman–Crippen LogP) is 2.58. The molecule has 1 atom stereocenters. The van der Waals surface area contributed by atoms with Crippen molar-refractivity contribution in [1.82, 2.24) is 0 Å². The summed E-state index contributed by atoms with van der Waals surface area (Å²) in [7, 11) is -4.67. The molecule has 2 rings (SSSR count). The van der Waals surface area contributed by atoms with Gasteiger partial charge in [0.1, 0.15) is 0 Å². The topological polar surface area (TPSA) is 118 Å². The summed E-state index contributed by atoms with van der Waals surface area (Å²) in [5, 5.41) is 18.0. The minimum Gasteiger partial charge on any atom is -0.478 e. The largest absolute Gasteiger partial charge is 0.478 e. The molecule has 0 saturated carbocycles. The molecule has 24 heavy (non-hydrogen) atoms. The van der Waals surface area contributed by atoms with E-state index in [1.807, 2.05) is 30.3 Å². The number of carboxylic acid groups (broad SMARTS) is 2. The Morgan fingerprint density at radius 3 is 2.00 bits per heavy atom. The molecule has 0 bridgehead atoms. The van der Waals surface area contributed by atoms with E-state index in [1.165, 1.54) is 0 Å². The average Bonchev–Trinajstić information content (AvgIpc) is 2.55. The molecule has 0 radical (unpaired) electrons. The van der Waals surface area contributed by atoms with E-state index in [9.17, 15) is 18.0 Å². The van der Waals surface area contributed by atoms with E-state index in [0.717, 1.165) is 23.8 Å². The van der Waals surface area contributed by atoms with Gasteiger partial charge in [-0.05, 0) is 23.8 Å². The third-order valence-corrected chi connectivity index (χ3v) is 5.69. The van der Waals surface area contributed by atoms with Gasteiger partial charge in [-0.2, -0.15) is 8.42 Å². The minimum absolute atomic E-state index is 0.366. The maximum absolute atomic E-state index is 12.2. The smallest absolute Gasteiger partial charge is 0.335 e. The lowest BCUT2D eigenvalue weighted by molar-refractivity contribution is 0.0696. The first-order valence-corrected chi connectivity index (χ1v) is 9.14. The highest BCUT2D eigenvalue weighted by atomic mass is 32.2. The zero-order valence-electron chi connectivity index (χ0n) is 12.2. The second-order valence-electron chi connectivity index (χ2n) is 4.70. The van der Waals surface area contributed by atoms with Crippen LogP contribution in [-0.4, -0.2) is 30.6 Å². The molecule has 0 heterocycles. The highest BCUT2D eigenvalue weighted by Gasteiger charge is 2.21. The van der Waals surface area contributed by atoms with Gasteiger partial charge in [0.15, 0.2) is 0 Å². The SMILES string of the molecule is O=C(O)c1cc(C(=O)O)cc(S(=O)(=O)OPCc2ccccc2)c1. The van der Waals surface area contributed by atoms with Crippen LogP contribution in [-0.2, 0) is 20.3 Å². The molecule has 0 spiro atoms. The van der Waals surface area contributed by atoms with Crippen molar-refractivity contribution < 1.29 is 32.2 Å². The molecule has 0 amide bonds. The van der Waals surface area contributed by atoms with Crippen LogP contribution in [0.4, 0.5) is 0 Å². The van der Waals surface area contributed by atoms with Crippen molar-refractivity contribution in [1.29, 1.82) is 0 Å². The predicted molar refractivity (Wildman–Crippen MR) is 87.1 cm³/mol. The van der Waals surface area contributed by atoms with Crippen LogP contribution < -0.4 is 0 Å². The summed E-state index contributed by atoms with van der Waals surface area (Å²) in [5.41, 5.74) is 0.00322. The molecule has 0 aliphatic rings. The highest BCUT2D eigenvalue weighted by Crippen LogP contribution is 2.27. The monoisotopic (exact) mass is 368 g/mol. The molecule has 1 unspecified atom stereocenters. The van der Waals surface area contributed by atoms with E-state index in [4.69, 9.17) is 14.2 Å². The zero-order chi connectivity index (χ0) is 17.7. The second kappa shape index (κ2) is 7.53. The van der Waals surface area contributed by atoms with Crippen LogP contribution >= 0.6 is 8.81 Å². The van der Waals surface area contributed by atoms with Crippen molar-refractivity contribution >= 4 is 30.9 Å².